The molecule has 0 radical (unpaired) electrons. The first-order valence-electron chi connectivity index (χ1n) is 7.09. The van der Waals surface area contributed by atoms with Crippen LogP contribution in [0.1, 0.15) is 17.5 Å². The number of carboxylic acid groups (broad SMARTS) is 1. The minimum atomic E-state index is -1.01. The van der Waals surface area contributed by atoms with Crippen LogP contribution in [0.3, 0.4) is 0 Å². The van der Waals surface area contributed by atoms with E-state index in [1.807, 2.05) is 30.3 Å². The fourth-order valence-electron chi connectivity index (χ4n) is 2.03. The fraction of sp³-hybridized carbons (Fsp3) is 0.111. The molecule has 0 aliphatic heterocycles. The van der Waals surface area contributed by atoms with E-state index in [-0.39, 0.29) is 5.91 Å². The average molecular weight is 374 g/mol. The van der Waals surface area contributed by atoms with Crippen molar-refractivity contribution in [1.29, 1.82) is 0 Å². The smallest absolute Gasteiger partial charge is 0.328 e. The Bertz CT molecular complexity index is 726. The first-order valence-corrected chi connectivity index (χ1v) is 7.88. The maximum absolute atomic E-state index is 12.1. The molecule has 0 spiro atoms. The van der Waals surface area contributed by atoms with Gasteiger partial charge in [0.05, 0.1) is 5.69 Å². The van der Waals surface area contributed by atoms with Crippen molar-refractivity contribution in [2.45, 2.75) is 12.8 Å². The number of hydrogen-bond donors (Lipinski definition) is 2. The van der Waals surface area contributed by atoms with Gasteiger partial charge in [-0.2, -0.15) is 0 Å². The zero-order valence-electron chi connectivity index (χ0n) is 12.3. The Morgan fingerprint density at radius 1 is 1.13 bits per heavy atom. The predicted molar refractivity (Wildman–Crippen MR) is 94.2 cm³/mol. The van der Waals surface area contributed by atoms with Gasteiger partial charge in [0.1, 0.15) is 0 Å². The highest BCUT2D eigenvalue weighted by atomic mass is 79.9. The van der Waals surface area contributed by atoms with Crippen LogP contribution in [0.2, 0.25) is 0 Å². The molecule has 2 N–H and O–H groups in total. The predicted octanol–water partition coefficient (Wildman–Crippen LogP) is 4.12. The molecule has 0 saturated carbocycles. The lowest BCUT2D eigenvalue weighted by atomic mass is 10.1. The van der Waals surface area contributed by atoms with Gasteiger partial charge in [-0.3, -0.25) is 4.79 Å². The van der Waals surface area contributed by atoms with Gasteiger partial charge in [0.15, 0.2) is 0 Å². The van der Waals surface area contributed by atoms with Crippen molar-refractivity contribution in [2.24, 2.45) is 0 Å². The highest BCUT2D eigenvalue weighted by Crippen LogP contribution is 2.24. The average Bonchev–Trinajstić information content (AvgIpc) is 2.54. The summed E-state index contributed by atoms with van der Waals surface area (Å²) in [7, 11) is 0. The van der Waals surface area contributed by atoms with Crippen LogP contribution in [0, 0.1) is 0 Å². The normalized spacial score (nSPS) is 10.7. The number of halogens is 1. The highest BCUT2D eigenvalue weighted by molar-refractivity contribution is 9.10. The van der Waals surface area contributed by atoms with Gasteiger partial charge in [0.2, 0.25) is 5.91 Å². The van der Waals surface area contributed by atoms with Crippen LogP contribution in [0.25, 0.3) is 6.08 Å². The van der Waals surface area contributed by atoms with E-state index in [1.54, 1.807) is 18.2 Å². The largest absolute Gasteiger partial charge is 0.478 e. The summed E-state index contributed by atoms with van der Waals surface area (Å²) in [5.74, 6) is -1.10. The minimum absolute atomic E-state index is 0.0890. The third-order valence-corrected chi connectivity index (χ3v) is 3.86. The molecule has 5 heteroatoms. The maximum atomic E-state index is 12.1. The Kier molecular flexibility index (Phi) is 6.11. The second kappa shape index (κ2) is 8.29. The molecule has 0 fully saturated rings. The number of aliphatic carboxylic acids is 1. The summed E-state index contributed by atoms with van der Waals surface area (Å²) >= 11 is 3.38. The molecule has 0 aromatic heterocycles. The van der Waals surface area contributed by atoms with Gasteiger partial charge in [-0.25, -0.2) is 4.79 Å². The standard InChI is InChI=1S/C18H16BrNO3/c19-15-9-6-14(8-11-18(22)23)12-16(15)20-17(21)10-7-13-4-2-1-3-5-13/h1-6,8-9,11-12H,7,10H2,(H,20,21)(H,22,23)/b11-8+. The quantitative estimate of drug-likeness (QED) is 0.748. The molecule has 118 valence electrons. The number of carboxylic acids is 1. The minimum Gasteiger partial charge on any atom is -0.478 e. The Hall–Kier alpha value is -2.40. The number of amides is 1. The Morgan fingerprint density at radius 3 is 2.57 bits per heavy atom. The first-order chi connectivity index (χ1) is 11.0. The van der Waals surface area contributed by atoms with Crippen LogP contribution < -0.4 is 5.32 Å². The molecule has 2 rings (SSSR count). The van der Waals surface area contributed by atoms with Crippen molar-refractivity contribution in [3.8, 4) is 0 Å². The van der Waals surface area contributed by atoms with Gasteiger partial charge < -0.3 is 10.4 Å². The number of hydrogen-bond acceptors (Lipinski definition) is 2. The SMILES string of the molecule is O=C(O)/C=C/c1ccc(Br)c(NC(=O)CCc2ccccc2)c1. The lowest BCUT2D eigenvalue weighted by Crippen LogP contribution is -2.12. The van der Waals surface area contributed by atoms with Crippen molar-refractivity contribution in [3.05, 3.63) is 70.2 Å². The third kappa shape index (κ3) is 5.71. The third-order valence-electron chi connectivity index (χ3n) is 3.17. The van der Waals surface area contributed by atoms with Crippen LogP contribution in [0.15, 0.2) is 59.1 Å². The Morgan fingerprint density at radius 2 is 1.87 bits per heavy atom. The van der Waals surface area contributed by atoms with Crippen molar-refractivity contribution >= 4 is 39.6 Å². The van der Waals surface area contributed by atoms with Crippen LogP contribution in [0.5, 0.6) is 0 Å². The van der Waals surface area contributed by atoms with E-state index in [0.717, 1.165) is 16.1 Å². The number of rotatable bonds is 6. The molecular weight excluding hydrogens is 358 g/mol. The van der Waals surface area contributed by atoms with E-state index >= 15 is 0 Å². The summed E-state index contributed by atoms with van der Waals surface area (Å²) in [5.41, 5.74) is 2.43. The van der Waals surface area contributed by atoms with Gasteiger partial charge in [-0.15, -0.1) is 0 Å². The van der Waals surface area contributed by atoms with Crippen molar-refractivity contribution in [3.63, 3.8) is 0 Å². The zero-order valence-corrected chi connectivity index (χ0v) is 13.9. The summed E-state index contributed by atoms with van der Waals surface area (Å²) in [5, 5.41) is 11.5. The molecule has 0 aliphatic carbocycles. The van der Waals surface area contributed by atoms with Crippen LogP contribution >= 0.6 is 15.9 Å². The number of carbonyl (C=O) groups is 2. The van der Waals surface area contributed by atoms with Crippen molar-refractivity contribution < 1.29 is 14.7 Å². The lowest BCUT2D eigenvalue weighted by molar-refractivity contribution is -0.131. The van der Waals surface area contributed by atoms with Crippen molar-refractivity contribution in [1.82, 2.24) is 0 Å². The van der Waals surface area contributed by atoms with Gasteiger partial charge >= 0.3 is 5.97 Å². The molecule has 1 amide bonds. The van der Waals surface area contributed by atoms with Crippen LogP contribution in [0.4, 0.5) is 5.69 Å². The molecule has 0 heterocycles. The number of anilines is 1. The number of carbonyl (C=O) groups excluding carboxylic acids is 1. The summed E-state index contributed by atoms with van der Waals surface area (Å²) in [6, 6.07) is 15.1. The second-order valence-corrected chi connectivity index (χ2v) is 5.80. The molecule has 0 aliphatic rings. The monoisotopic (exact) mass is 373 g/mol. The van der Waals surface area contributed by atoms with E-state index in [2.05, 4.69) is 21.2 Å². The van der Waals surface area contributed by atoms with Crippen molar-refractivity contribution in [2.75, 3.05) is 5.32 Å². The van der Waals surface area contributed by atoms with Gasteiger partial charge in [0.25, 0.3) is 0 Å². The first kappa shape index (κ1) is 17.0. The topological polar surface area (TPSA) is 66.4 Å². The molecule has 0 unspecified atom stereocenters. The summed E-state index contributed by atoms with van der Waals surface area (Å²) in [6.07, 6.45) is 3.59. The molecule has 23 heavy (non-hydrogen) atoms. The number of nitrogens with one attached hydrogen (secondary N) is 1. The molecule has 0 saturated heterocycles. The van der Waals surface area contributed by atoms with Gasteiger partial charge in [-0.05, 0) is 51.7 Å². The molecule has 2 aromatic carbocycles. The molecule has 4 nitrogen and oxygen atoms in total. The van der Waals surface area contributed by atoms with Gasteiger partial charge in [-0.1, -0.05) is 36.4 Å². The molecular formula is C18H16BrNO3. The lowest BCUT2D eigenvalue weighted by Gasteiger charge is -2.08. The Labute approximate surface area is 143 Å². The number of aryl methyl sites for hydroxylation is 1. The summed E-state index contributed by atoms with van der Waals surface area (Å²) < 4.78 is 0.748. The van der Waals surface area contributed by atoms with E-state index < -0.39 is 5.97 Å². The number of benzene rings is 2. The van der Waals surface area contributed by atoms with E-state index in [1.165, 1.54) is 6.08 Å². The highest BCUT2D eigenvalue weighted by Gasteiger charge is 2.07. The summed E-state index contributed by atoms with van der Waals surface area (Å²) in [4.78, 5) is 22.6. The van der Waals surface area contributed by atoms with E-state index in [4.69, 9.17) is 5.11 Å². The molecule has 0 atom stereocenters. The second-order valence-electron chi connectivity index (χ2n) is 4.94. The zero-order chi connectivity index (χ0) is 16.7. The fourth-order valence-corrected chi connectivity index (χ4v) is 2.37. The van der Waals surface area contributed by atoms with Gasteiger partial charge in [0, 0.05) is 17.0 Å². The van der Waals surface area contributed by atoms with E-state index in [0.29, 0.717) is 24.1 Å². The van der Waals surface area contributed by atoms with Crippen LogP contribution in [-0.2, 0) is 16.0 Å². The van der Waals surface area contributed by atoms with Crippen LogP contribution in [-0.4, -0.2) is 17.0 Å². The van der Waals surface area contributed by atoms with E-state index in [9.17, 15) is 9.59 Å². The Balaban J connectivity index is 1.99. The maximum Gasteiger partial charge on any atom is 0.328 e. The summed E-state index contributed by atoms with van der Waals surface area (Å²) in [6.45, 7) is 0. The molecule has 0 bridgehead atoms. The molecule has 2 aromatic rings.